The lowest BCUT2D eigenvalue weighted by Crippen LogP contribution is -1.99. The van der Waals surface area contributed by atoms with Crippen molar-refractivity contribution in [3.63, 3.8) is 0 Å². The Morgan fingerprint density at radius 1 is 0.481 bits per heavy atom. The maximum Gasteiger partial charge on any atom is 0.115 e. The van der Waals surface area contributed by atoms with Crippen LogP contribution in [-0.4, -0.2) is 7.85 Å². The molecule has 27 heavy (non-hydrogen) atoms. The summed E-state index contributed by atoms with van der Waals surface area (Å²) in [7, 11) is 6.26. The van der Waals surface area contributed by atoms with Crippen molar-refractivity contribution in [3.05, 3.63) is 78.9 Å². The van der Waals surface area contributed by atoms with E-state index in [1.54, 1.807) is 11.3 Å². The number of hydrogen-bond donors (Lipinski definition) is 0. The standard InChI is InChI=1S/C24H13BS2/c25-20-12-5-11-19-18-10-4-9-17(23(18)27-24(19)20)16-8-3-7-15-14-6-1-2-13-21(14)26-22(15)16/h1-13H. The van der Waals surface area contributed by atoms with Crippen molar-refractivity contribution in [1.29, 1.82) is 0 Å². The van der Waals surface area contributed by atoms with Gasteiger partial charge >= 0.3 is 0 Å². The topological polar surface area (TPSA) is 0 Å². The van der Waals surface area contributed by atoms with Gasteiger partial charge in [-0.05, 0) is 11.5 Å². The minimum absolute atomic E-state index is 0.861. The van der Waals surface area contributed by atoms with Crippen LogP contribution < -0.4 is 5.46 Å². The molecule has 0 atom stereocenters. The van der Waals surface area contributed by atoms with Crippen LogP contribution in [0.1, 0.15) is 0 Å². The van der Waals surface area contributed by atoms with Crippen molar-refractivity contribution in [1.82, 2.24) is 0 Å². The van der Waals surface area contributed by atoms with Crippen LogP contribution in [0.25, 0.3) is 51.5 Å². The average molecular weight is 376 g/mol. The molecule has 4 aromatic carbocycles. The number of hydrogen-bond acceptors (Lipinski definition) is 2. The normalized spacial score (nSPS) is 11.9. The van der Waals surface area contributed by atoms with Crippen LogP contribution in [0.5, 0.6) is 0 Å². The minimum atomic E-state index is 0.861. The largest absolute Gasteiger partial charge is 0.135 e. The van der Waals surface area contributed by atoms with Crippen LogP contribution in [0.3, 0.4) is 0 Å². The van der Waals surface area contributed by atoms with Crippen LogP contribution in [0.4, 0.5) is 0 Å². The zero-order valence-electron chi connectivity index (χ0n) is 14.4. The predicted octanol–water partition coefficient (Wildman–Crippen LogP) is 6.88. The van der Waals surface area contributed by atoms with Gasteiger partial charge < -0.3 is 0 Å². The number of rotatable bonds is 1. The Balaban J connectivity index is 1.76. The lowest BCUT2D eigenvalue weighted by Gasteiger charge is -2.05. The second-order valence-electron chi connectivity index (χ2n) is 6.79. The lowest BCUT2D eigenvalue weighted by atomic mass is 9.94. The molecule has 0 bridgehead atoms. The van der Waals surface area contributed by atoms with E-state index in [4.69, 9.17) is 7.85 Å². The first-order valence-electron chi connectivity index (χ1n) is 8.91. The van der Waals surface area contributed by atoms with E-state index in [-0.39, 0.29) is 0 Å². The third-order valence-electron chi connectivity index (χ3n) is 5.25. The highest BCUT2D eigenvalue weighted by Crippen LogP contribution is 2.44. The fraction of sp³-hybridized carbons (Fsp3) is 0. The van der Waals surface area contributed by atoms with E-state index in [0.717, 1.165) is 5.46 Å². The lowest BCUT2D eigenvalue weighted by molar-refractivity contribution is 1.77. The first kappa shape index (κ1) is 15.4. The molecule has 2 radical (unpaired) electrons. The van der Waals surface area contributed by atoms with Crippen LogP contribution in [0, 0.1) is 0 Å². The van der Waals surface area contributed by atoms with Crippen LogP contribution in [0.15, 0.2) is 78.9 Å². The first-order valence-corrected chi connectivity index (χ1v) is 10.5. The molecule has 124 valence electrons. The van der Waals surface area contributed by atoms with Gasteiger partial charge in [-0.3, -0.25) is 0 Å². The summed E-state index contributed by atoms with van der Waals surface area (Å²) in [6.07, 6.45) is 0. The van der Waals surface area contributed by atoms with Crippen molar-refractivity contribution >= 4 is 76.3 Å². The molecule has 0 unspecified atom stereocenters. The number of thiophene rings is 2. The van der Waals surface area contributed by atoms with Crippen LogP contribution in [0.2, 0.25) is 0 Å². The van der Waals surface area contributed by atoms with E-state index < -0.39 is 0 Å². The van der Waals surface area contributed by atoms with Gasteiger partial charge in [-0.25, -0.2) is 0 Å². The van der Waals surface area contributed by atoms with Crippen LogP contribution in [-0.2, 0) is 0 Å². The van der Waals surface area contributed by atoms with E-state index in [2.05, 4.69) is 66.7 Å². The first-order chi connectivity index (χ1) is 13.3. The Hall–Kier alpha value is -2.62. The molecular formula is C24H13BS2. The van der Waals surface area contributed by atoms with E-state index in [1.165, 1.54) is 51.5 Å². The molecule has 6 aromatic rings. The Bertz CT molecular complexity index is 1490. The Kier molecular flexibility index (Phi) is 3.25. The van der Waals surface area contributed by atoms with E-state index in [0.29, 0.717) is 0 Å². The van der Waals surface area contributed by atoms with Crippen molar-refractivity contribution in [2.75, 3.05) is 0 Å². The summed E-state index contributed by atoms with van der Waals surface area (Å²) >= 11 is 3.69. The molecule has 0 nitrogen and oxygen atoms in total. The molecule has 0 aliphatic heterocycles. The molecule has 0 saturated carbocycles. The summed E-state index contributed by atoms with van der Waals surface area (Å²) in [6.45, 7) is 0. The van der Waals surface area contributed by atoms with E-state index in [1.807, 2.05) is 23.5 Å². The molecule has 6 rings (SSSR count). The Morgan fingerprint density at radius 2 is 1.04 bits per heavy atom. The molecule has 3 heteroatoms. The second-order valence-corrected chi connectivity index (χ2v) is 8.86. The molecule has 0 N–H and O–H groups in total. The predicted molar refractivity (Wildman–Crippen MR) is 123 cm³/mol. The molecule has 0 aliphatic carbocycles. The van der Waals surface area contributed by atoms with Gasteiger partial charge in [0.2, 0.25) is 0 Å². The summed E-state index contributed by atoms with van der Waals surface area (Å²) in [6, 6.07) is 28.2. The third kappa shape index (κ3) is 2.16. The highest BCUT2D eigenvalue weighted by Gasteiger charge is 2.15. The monoisotopic (exact) mass is 376 g/mol. The number of fused-ring (bicyclic) bond motifs is 6. The van der Waals surface area contributed by atoms with E-state index in [9.17, 15) is 0 Å². The third-order valence-corrected chi connectivity index (χ3v) is 7.77. The van der Waals surface area contributed by atoms with Gasteiger partial charge in [0.15, 0.2) is 0 Å². The Labute approximate surface area is 166 Å². The summed E-state index contributed by atoms with van der Waals surface area (Å²) < 4.78 is 5.20. The fourth-order valence-electron chi connectivity index (χ4n) is 4.01. The molecule has 2 heterocycles. The molecule has 0 amide bonds. The molecule has 0 fully saturated rings. The second kappa shape index (κ2) is 5.69. The minimum Gasteiger partial charge on any atom is -0.135 e. The summed E-state index contributed by atoms with van der Waals surface area (Å²) in [5.74, 6) is 0. The maximum absolute atomic E-state index is 6.26. The Morgan fingerprint density at radius 3 is 1.81 bits per heavy atom. The summed E-state index contributed by atoms with van der Waals surface area (Å²) in [5.41, 5.74) is 3.47. The van der Waals surface area contributed by atoms with Crippen molar-refractivity contribution < 1.29 is 0 Å². The zero-order valence-corrected chi connectivity index (χ0v) is 16.0. The van der Waals surface area contributed by atoms with Crippen molar-refractivity contribution in [2.45, 2.75) is 0 Å². The molecule has 0 aliphatic rings. The zero-order chi connectivity index (χ0) is 18.0. The molecule has 2 aromatic heterocycles. The average Bonchev–Trinajstić information content (AvgIpc) is 3.27. The molecule has 0 saturated heterocycles. The molecular weight excluding hydrogens is 363 g/mol. The van der Waals surface area contributed by atoms with Crippen LogP contribution >= 0.6 is 22.7 Å². The molecule has 0 spiro atoms. The van der Waals surface area contributed by atoms with Gasteiger partial charge in [-0.1, -0.05) is 78.3 Å². The van der Waals surface area contributed by atoms with Gasteiger partial charge in [0.05, 0.1) is 0 Å². The quantitative estimate of drug-likeness (QED) is 0.274. The fourth-order valence-corrected chi connectivity index (χ4v) is 6.50. The van der Waals surface area contributed by atoms with Crippen molar-refractivity contribution in [2.24, 2.45) is 0 Å². The summed E-state index contributed by atoms with van der Waals surface area (Å²) in [4.78, 5) is 0. The smallest absolute Gasteiger partial charge is 0.115 e. The number of benzene rings is 4. The van der Waals surface area contributed by atoms with Gasteiger partial charge in [0.1, 0.15) is 7.85 Å². The van der Waals surface area contributed by atoms with E-state index >= 15 is 0 Å². The van der Waals surface area contributed by atoms with Gasteiger partial charge in [-0.15, -0.1) is 22.7 Å². The van der Waals surface area contributed by atoms with Gasteiger partial charge in [0.25, 0.3) is 0 Å². The SMILES string of the molecule is [B]c1cccc2c1sc1c(-c3cccc4c3sc3ccccc34)cccc12. The van der Waals surface area contributed by atoms with Gasteiger partial charge in [0, 0.05) is 46.1 Å². The summed E-state index contributed by atoms with van der Waals surface area (Å²) in [5, 5.41) is 5.22. The highest BCUT2D eigenvalue weighted by atomic mass is 32.1. The van der Waals surface area contributed by atoms with Gasteiger partial charge in [-0.2, -0.15) is 0 Å². The highest BCUT2D eigenvalue weighted by molar-refractivity contribution is 7.28. The van der Waals surface area contributed by atoms with Crippen molar-refractivity contribution in [3.8, 4) is 11.1 Å². The maximum atomic E-state index is 6.26.